The van der Waals surface area contributed by atoms with Gasteiger partial charge >= 0.3 is 0 Å². The normalized spacial score (nSPS) is 11.2. The molecule has 1 N–H and O–H groups in total. The molecule has 8 heteroatoms. The minimum Gasteiger partial charge on any atom is -0.357 e. The number of hydrogen-bond acceptors (Lipinski definition) is 3. The van der Waals surface area contributed by atoms with Gasteiger partial charge in [-0.1, -0.05) is 13.8 Å². The fourth-order valence-electron chi connectivity index (χ4n) is 2.25. The monoisotopic (exact) mass is 450 g/mol. The summed E-state index contributed by atoms with van der Waals surface area (Å²) in [4.78, 5) is 19.7. The SMILES string of the molecule is CCNC(=NCC(=O)N(C)C)N(C)Cc1cn(C)nc1C(C)C.I. The molecule has 0 bridgehead atoms. The summed E-state index contributed by atoms with van der Waals surface area (Å²) >= 11 is 0. The van der Waals surface area contributed by atoms with Gasteiger partial charge in [-0.15, -0.1) is 24.0 Å². The van der Waals surface area contributed by atoms with Gasteiger partial charge in [0.2, 0.25) is 5.91 Å². The van der Waals surface area contributed by atoms with Gasteiger partial charge in [0.05, 0.1) is 5.69 Å². The van der Waals surface area contributed by atoms with E-state index in [1.165, 1.54) is 5.56 Å². The highest BCUT2D eigenvalue weighted by atomic mass is 127. The summed E-state index contributed by atoms with van der Waals surface area (Å²) in [6, 6.07) is 0. The molecule has 1 heterocycles. The van der Waals surface area contributed by atoms with Gasteiger partial charge in [-0.3, -0.25) is 9.48 Å². The zero-order valence-corrected chi connectivity index (χ0v) is 18.2. The van der Waals surface area contributed by atoms with Crippen LogP contribution in [0.1, 0.15) is 37.9 Å². The van der Waals surface area contributed by atoms with E-state index in [2.05, 4.69) is 29.3 Å². The van der Waals surface area contributed by atoms with Gasteiger partial charge in [0.15, 0.2) is 5.96 Å². The Morgan fingerprint density at radius 3 is 2.50 bits per heavy atom. The average molecular weight is 450 g/mol. The first-order valence-corrected chi connectivity index (χ1v) is 7.98. The van der Waals surface area contributed by atoms with E-state index in [4.69, 9.17) is 0 Å². The second kappa shape index (κ2) is 10.5. The zero-order valence-electron chi connectivity index (χ0n) is 15.8. The van der Waals surface area contributed by atoms with Crippen LogP contribution in [0.2, 0.25) is 0 Å². The van der Waals surface area contributed by atoms with Crippen LogP contribution in [0.5, 0.6) is 0 Å². The van der Waals surface area contributed by atoms with Crippen molar-refractivity contribution in [2.75, 3.05) is 34.2 Å². The van der Waals surface area contributed by atoms with Gasteiger partial charge in [-0.25, -0.2) is 4.99 Å². The molecule has 1 aromatic rings. The first kappa shape index (κ1) is 22.7. The lowest BCUT2D eigenvalue weighted by Gasteiger charge is -2.22. The standard InChI is InChI=1S/C16H30N6O.HI/c1-8-17-16(18-9-14(23)20(4)5)21(6)10-13-11-22(7)19-15(13)12(2)3;/h11-12H,8-10H2,1-7H3,(H,17,18);1H. The number of carbonyl (C=O) groups excluding carboxylic acids is 1. The highest BCUT2D eigenvalue weighted by Gasteiger charge is 2.15. The number of hydrogen-bond donors (Lipinski definition) is 1. The molecular weight excluding hydrogens is 419 g/mol. The quantitative estimate of drug-likeness (QED) is 0.407. The number of guanidine groups is 1. The Bertz CT molecular complexity index is 553. The van der Waals surface area contributed by atoms with Crippen LogP contribution >= 0.6 is 24.0 Å². The lowest BCUT2D eigenvalue weighted by molar-refractivity contribution is -0.127. The Morgan fingerprint density at radius 2 is 2.00 bits per heavy atom. The third kappa shape index (κ3) is 6.66. The van der Waals surface area contributed by atoms with Gasteiger partial charge in [0, 0.05) is 53.0 Å². The van der Waals surface area contributed by atoms with Crippen LogP contribution in [0, 0.1) is 0 Å². The van der Waals surface area contributed by atoms with E-state index in [-0.39, 0.29) is 36.4 Å². The van der Waals surface area contributed by atoms with Crippen molar-refractivity contribution in [3.63, 3.8) is 0 Å². The fourth-order valence-corrected chi connectivity index (χ4v) is 2.25. The number of aromatic nitrogens is 2. The summed E-state index contributed by atoms with van der Waals surface area (Å²) in [7, 11) is 7.38. The molecule has 0 aliphatic carbocycles. The van der Waals surface area contributed by atoms with Crippen molar-refractivity contribution in [3.8, 4) is 0 Å². The first-order chi connectivity index (χ1) is 10.8. The van der Waals surface area contributed by atoms with E-state index < -0.39 is 0 Å². The van der Waals surface area contributed by atoms with Gasteiger partial charge in [-0.05, 0) is 12.8 Å². The molecule has 0 saturated heterocycles. The van der Waals surface area contributed by atoms with Crippen molar-refractivity contribution < 1.29 is 4.79 Å². The van der Waals surface area contributed by atoms with Crippen molar-refractivity contribution in [2.24, 2.45) is 12.0 Å². The molecule has 138 valence electrons. The molecule has 0 aromatic carbocycles. The molecule has 7 nitrogen and oxygen atoms in total. The maximum atomic E-state index is 11.7. The molecule has 0 aliphatic rings. The number of aliphatic imine (C=N–C) groups is 1. The van der Waals surface area contributed by atoms with E-state index in [1.807, 2.05) is 36.8 Å². The maximum absolute atomic E-state index is 11.7. The van der Waals surface area contributed by atoms with E-state index in [9.17, 15) is 4.79 Å². The molecule has 0 unspecified atom stereocenters. The first-order valence-electron chi connectivity index (χ1n) is 7.98. The lowest BCUT2D eigenvalue weighted by atomic mass is 10.1. The smallest absolute Gasteiger partial charge is 0.243 e. The molecule has 1 rings (SSSR count). The largest absolute Gasteiger partial charge is 0.357 e. The number of aryl methyl sites for hydroxylation is 1. The van der Waals surface area contributed by atoms with Crippen molar-refractivity contribution in [3.05, 3.63) is 17.5 Å². The summed E-state index contributed by atoms with van der Waals surface area (Å²) in [5.41, 5.74) is 2.27. The Morgan fingerprint density at radius 1 is 1.38 bits per heavy atom. The third-order valence-electron chi connectivity index (χ3n) is 3.45. The number of halogens is 1. The predicted molar refractivity (Wildman–Crippen MR) is 109 cm³/mol. The lowest BCUT2D eigenvalue weighted by Crippen LogP contribution is -2.39. The van der Waals surface area contributed by atoms with Crippen LogP contribution in [0.25, 0.3) is 0 Å². The van der Waals surface area contributed by atoms with Crippen LogP contribution in [0.3, 0.4) is 0 Å². The van der Waals surface area contributed by atoms with Gasteiger partial charge in [-0.2, -0.15) is 5.10 Å². The second-order valence-electron chi connectivity index (χ2n) is 6.18. The summed E-state index contributed by atoms with van der Waals surface area (Å²) < 4.78 is 1.85. The van der Waals surface area contributed by atoms with Crippen LogP contribution in [0.4, 0.5) is 0 Å². The maximum Gasteiger partial charge on any atom is 0.243 e. The number of carbonyl (C=O) groups is 1. The summed E-state index contributed by atoms with van der Waals surface area (Å²) in [6.07, 6.45) is 2.04. The zero-order chi connectivity index (χ0) is 17.6. The molecule has 0 fully saturated rings. The summed E-state index contributed by atoms with van der Waals surface area (Å²) in [6.45, 7) is 7.89. The molecule has 0 atom stereocenters. The van der Waals surface area contributed by atoms with Gasteiger partial charge in [0.25, 0.3) is 0 Å². The molecule has 0 spiro atoms. The van der Waals surface area contributed by atoms with E-state index in [0.717, 1.165) is 18.2 Å². The van der Waals surface area contributed by atoms with Crippen molar-refractivity contribution >= 4 is 35.8 Å². The predicted octanol–water partition coefficient (Wildman–Crippen LogP) is 1.65. The number of nitrogens with one attached hydrogen (secondary N) is 1. The minimum absolute atomic E-state index is 0. The van der Waals surface area contributed by atoms with E-state index in [0.29, 0.717) is 12.5 Å². The molecule has 1 amide bonds. The van der Waals surface area contributed by atoms with Crippen LogP contribution in [-0.2, 0) is 18.4 Å². The second-order valence-corrected chi connectivity index (χ2v) is 6.18. The molecule has 0 saturated carbocycles. The van der Waals surface area contributed by atoms with Gasteiger partial charge < -0.3 is 15.1 Å². The number of amides is 1. The molecular formula is C16H31IN6O. The Balaban J connectivity index is 0.00000529. The third-order valence-corrected chi connectivity index (χ3v) is 3.45. The van der Waals surface area contributed by atoms with Crippen LogP contribution in [0.15, 0.2) is 11.2 Å². The van der Waals surface area contributed by atoms with E-state index >= 15 is 0 Å². The molecule has 0 aliphatic heterocycles. The highest BCUT2D eigenvalue weighted by Crippen LogP contribution is 2.18. The van der Waals surface area contributed by atoms with Crippen molar-refractivity contribution in [2.45, 2.75) is 33.2 Å². The van der Waals surface area contributed by atoms with Crippen molar-refractivity contribution in [1.29, 1.82) is 0 Å². The summed E-state index contributed by atoms with van der Waals surface area (Å²) in [5, 5.41) is 7.77. The van der Waals surface area contributed by atoms with Crippen LogP contribution < -0.4 is 5.32 Å². The minimum atomic E-state index is -0.0157. The Hall–Kier alpha value is -1.32. The Kier molecular flexibility index (Phi) is 9.95. The Labute approximate surface area is 162 Å². The van der Waals surface area contributed by atoms with E-state index in [1.54, 1.807) is 19.0 Å². The number of nitrogens with zero attached hydrogens (tertiary/aromatic N) is 5. The summed E-state index contributed by atoms with van der Waals surface area (Å²) in [5.74, 6) is 1.08. The topological polar surface area (TPSA) is 65.8 Å². The fraction of sp³-hybridized carbons (Fsp3) is 0.688. The number of likely N-dealkylation sites (N-methyl/N-ethyl adjacent to an activating group) is 1. The van der Waals surface area contributed by atoms with Gasteiger partial charge in [0.1, 0.15) is 6.54 Å². The highest BCUT2D eigenvalue weighted by molar-refractivity contribution is 14.0. The number of rotatable bonds is 6. The molecule has 1 aromatic heterocycles. The average Bonchev–Trinajstić information content (AvgIpc) is 2.83. The van der Waals surface area contributed by atoms with Crippen molar-refractivity contribution in [1.82, 2.24) is 24.9 Å². The van der Waals surface area contributed by atoms with Crippen LogP contribution in [-0.4, -0.2) is 65.7 Å². The molecule has 24 heavy (non-hydrogen) atoms. The molecule has 0 radical (unpaired) electrons.